The van der Waals surface area contributed by atoms with Crippen LogP contribution >= 0.6 is 0 Å². The summed E-state index contributed by atoms with van der Waals surface area (Å²) in [6.07, 6.45) is 2.37. The minimum atomic E-state index is 0.0652. The Hall–Kier alpha value is -0.160. The summed E-state index contributed by atoms with van der Waals surface area (Å²) >= 11 is 0. The minimum Gasteiger partial charge on any atom is -0.394 e. The van der Waals surface area contributed by atoms with Gasteiger partial charge in [-0.25, -0.2) is 0 Å². The molecule has 0 fully saturated rings. The van der Waals surface area contributed by atoms with Crippen LogP contribution in [-0.2, 0) is 14.2 Å². The normalized spacial score (nSPS) is 13.0. The van der Waals surface area contributed by atoms with Crippen LogP contribution in [0.25, 0.3) is 0 Å². The molecule has 0 bridgehead atoms. The zero-order valence-electron chi connectivity index (χ0n) is 9.91. The SMILES string of the molecule is CCCCOCC(C)OCCOCCO. The molecule has 1 unspecified atom stereocenters. The van der Waals surface area contributed by atoms with Crippen molar-refractivity contribution in [2.24, 2.45) is 0 Å². The third-order valence-electron chi connectivity index (χ3n) is 1.86. The van der Waals surface area contributed by atoms with E-state index in [0.717, 1.165) is 19.4 Å². The van der Waals surface area contributed by atoms with Gasteiger partial charge >= 0.3 is 0 Å². The summed E-state index contributed by atoms with van der Waals surface area (Å²) in [7, 11) is 0. The van der Waals surface area contributed by atoms with E-state index in [-0.39, 0.29) is 12.7 Å². The van der Waals surface area contributed by atoms with Gasteiger partial charge in [0.05, 0.1) is 39.1 Å². The Morgan fingerprint density at radius 1 is 1.07 bits per heavy atom. The lowest BCUT2D eigenvalue weighted by molar-refractivity contribution is -0.0331. The molecule has 0 aliphatic heterocycles. The first-order valence-electron chi connectivity index (χ1n) is 5.69. The van der Waals surface area contributed by atoms with Crippen LogP contribution in [0.3, 0.4) is 0 Å². The molecule has 92 valence electrons. The van der Waals surface area contributed by atoms with Crippen LogP contribution in [-0.4, -0.2) is 50.9 Å². The van der Waals surface area contributed by atoms with Crippen molar-refractivity contribution in [1.82, 2.24) is 0 Å². The molecule has 0 amide bonds. The van der Waals surface area contributed by atoms with Gasteiger partial charge in [0.15, 0.2) is 0 Å². The molecule has 0 radical (unpaired) electrons. The van der Waals surface area contributed by atoms with Gasteiger partial charge in [-0.3, -0.25) is 0 Å². The van der Waals surface area contributed by atoms with Crippen molar-refractivity contribution in [3.05, 3.63) is 0 Å². The zero-order valence-corrected chi connectivity index (χ0v) is 9.91. The highest BCUT2D eigenvalue weighted by Gasteiger charge is 2.01. The standard InChI is InChI=1S/C11H24O4/c1-3-4-6-14-10-11(2)15-9-8-13-7-5-12/h11-12H,3-10H2,1-2H3. The summed E-state index contributed by atoms with van der Waals surface area (Å²) in [4.78, 5) is 0. The quantitative estimate of drug-likeness (QED) is 0.532. The van der Waals surface area contributed by atoms with Crippen molar-refractivity contribution < 1.29 is 19.3 Å². The van der Waals surface area contributed by atoms with Crippen LogP contribution in [0, 0.1) is 0 Å². The van der Waals surface area contributed by atoms with Gasteiger partial charge in [0.25, 0.3) is 0 Å². The number of rotatable bonds is 11. The fourth-order valence-corrected chi connectivity index (χ4v) is 1.02. The van der Waals surface area contributed by atoms with Gasteiger partial charge < -0.3 is 19.3 Å². The lowest BCUT2D eigenvalue weighted by atomic mass is 10.3. The molecule has 0 aromatic rings. The lowest BCUT2D eigenvalue weighted by Gasteiger charge is -2.13. The van der Waals surface area contributed by atoms with Crippen molar-refractivity contribution in [1.29, 1.82) is 0 Å². The maximum absolute atomic E-state index is 8.46. The van der Waals surface area contributed by atoms with E-state index in [9.17, 15) is 0 Å². The second-order valence-electron chi connectivity index (χ2n) is 3.45. The van der Waals surface area contributed by atoms with Crippen molar-refractivity contribution in [3.63, 3.8) is 0 Å². The van der Waals surface area contributed by atoms with Gasteiger partial charge in [0.2, 0.25) is 0 Å². The molecule has 4 nitrogen and oxygen atoms in total. The van der Waals surface area contributed by atoms with Gasteiger partial charge in [-0.1, -0.05) is 13.3 Å². The number of aliphatic hydroxyl groups excluding tert-OH is 1. The maximum atomic E-state index is 8.46. The van der Waals surface area contributed by atoms with Gasteiger partial charge in [0.1, 0.15) is 0 Å². The highest BCUT2D eigenvalue weighted by molar-refractivity contribution is 4.47. The summed E-state index contributed by atoms with van der Waals surface area (Å²) < 4.78 is 15.9. The molecule has 0 saturated carbocycles. The third-order valence-corrected chi connectivity index (χ3v) is 1.86. The molecule has 0 saturated heterocycles. The van der Waals surface area contributed by atoms with Crippen molar-refractivity contribution in [2.75, 3.05) is 39.6 Å². The minimum absolute atomic E-state index is 0.0652. The summed E-state index contributed by atoms with van der Waals surface area (Å²) in [6.45, 7) is 7.10. The van der Waals surface area contributed by atoms with E-state index < -0.39 is 0 Å². The Labute approximate surface area is 92.5 Å². The van der Waals surface area contributed by atoms with E-state index in [1.165, 1.54) is 0 Å². The van der Waals surface area contributed by atoms with Crippen LogP contribution in [0.15, 0.2) is 0 Å². The first kappa shape index (κ1) is 14.8. The third kappa shape index (κ3) is 11.8. The van der Waals surface area contributed by atoms with E-state index in [1.807, 2.05) is 6.92 Å². The Morgan fingerprint density at radius 2 is 1.87 bits per heavy atom. The first-order chi connectivity index (χ1) is 7.31. The van der Waals surface area contributed by atoms with E-state index in [4.69, 9.17) is 19.3 Å². The molecular formula is C11H24O4. The summed E-state index contributed by atoms with van der Waals surface area (Å²) in [5, 5.41) is 8.46. The molecule has 1 N–H and O–H groups in total. The monoisotopic (exact) mass is 220 g/mol. The van der Waals surface area contributed by atoms with Gasteiger partial charge in [0, 0.05) is 6.61 Å². The maximum Gasteiger partial charge on any atom is 0.0781 e. The fraction of sp³-hybridized carbons (Fsp3) is 1.00. The van der Waals surface area contributed by atoms with Crippen molar-refractivity contribution in [2.45, 2.75) is 32.8 Å². The second-order valence-corrected chi connectivity index (χ2v) is 3.45. The number of unbranched alkanes of at least 4 members (excludes halogenated alkanes) is 1. The Balaban J connectivity index is 3.08. The molecule has 0 heterocycles. The number of hydrogen-bond donors (Lipinski definition) is 1. The van der Waals surface area contributed by atoms with Crippen LogP contribution < -0.4 is 0 Å². The molecule has 0 aliphatic rings. The highest BCUT2D eigenvalue weighted by atomic mass is 16.6. The molecule has 0 aliphatic carbocycles. The fourth-order valence-electron chi connectivity index (χ4n) is 1.02. The van der Waals surface area contributed by atoms with Gasteiger partial charge in [-0.05, 0) is 13.3 Å². The van der Waals surface area contributed by atoms with Crippen LogP contribution in [0.2, 0.25) is 0 Å². The predicted octanol–water partition coefficient (Wildman–Crippen LogP) is 1.22. The topological polar surface area (TPSA) is 47.9 Å². The molecule has 0 aromatic carbocycles. The van der Waals surface area contributed by atoms with E-state index in [1.54, 1.807) is 0 Å². The molecule has 4 heteroatoms. The summed E-state index contributed by atoms with van der Waals surface area (Å²) in [6, 6.07) is 0. The van der Waals surface area contributed by atoms with Crippen molar-refractivity contribution in [3.8, 4) is 0 Å². The number of hydrogen-bond acceptors (Lipinski definition) is 4. The molecular weight excluding hydrogens is 196 g/mol. The molecule has 0 spiro atoms. The molecule has 0 rings (SSSR count). The average molecular weight is 220 g/mol. The van der Waals surface area contributed by atoms with E-state index >= 15 is 0 Å². The van der Waals surface area contributed by atoms with Crippen LogP contribution in [0.5, 0.6) is 0 Å². The van der Waals surface area contributed by atoms with Gasteiger partial charge in [-0.2, -0.15) is 0 Å². The number of ether oxygens (including phenoxy) is 3. The first-order valence-corrected chi connectivity index (χ1v) is 5.69. The molecule has 15 heavy (non-hydrogen) atoms. The van der Waals surface area contributed by atoms with Crippen LogP contribution in [0.4, 0.5) is 0 Å². The Kier molecular flexibility index (Phi) is 11.8. The largest absolute Gasteiger partial charge is 0.394 e. The zero-order chi connectivity index (χ0) is 11.4. The predicted molar refractivity (Wildman–Crippen MR) is 59.0 cm³/mol. The number of aliphatic hydroxyl groups is 1. The van der Waals surface area contributed by atoms with E-state index in [0.29, 0.717) is 26.4 Å². The van der Waals surface area contributed by atoms with Crippen LogP contribution in [0.1, 0.15) is 26.7 Å². The smallest absolute Gasteiger partial charge is 0.0781 e. The average Bonchev–Trinajstić information content (AvgIpc) is 2.24. The highest BCUT2D eigenvalue weighted by Crippen LogP contribution is 1.94. The van der Waals surface area contributed by atoms with Crippen molar-refractivity contribution >= 4 is 0 Å². The van der Waals surface area contributed by atoms with E-state index in [2.05, 4.69) is 6.92 Å². The summed E-state index contributed by atoms with van der Waals surface area (Å²) in [5.74, 6) is 0. The molecule has 1 atom stereocenters. The Morgan fingerprint density at radius 3 is 2.53 bits per heavy atom. The second kappa shape index (κ2) is 11.9. The Bertz CT molecular complexity index is 119. The molecule has 0 aromatic heterocycles. The summed E-state index contributed by atoms with van der Waals surface area (Å²) in [5.41, 5.74) is 0. The lowest BCUT2D eigenvalue weighted by Crippen LogP contribution is -2.19. The van der Waals surface area contributed by atoms with Gasteiger partial charge in [-0.15, -0.1) is 0 Å².